The number of amides is 1. The molecule has 0 saturated carbocycles. The lowest BCUT2D eigenvalue weighted by Crippen LogP contribution is -2.32. The highest BCUT2D eigenvalue weighted by Gasteiger charge is 2.25. The van der Waals surface area contributed by atoms with Crippen LogP contribution in [0.3, 0.4) is 0 Å². The first-order valence-corrected chi connectivity index (χ1v) is 11.1. The van der Waals surface area contributed by atoms with E-state index in [2.05, 4.69) is 21.2 Å². The summed E-state index contributed by atoms with van der Waals surface area (Å²) >= 11 is 3.44. The molecule has 1 amide bonds. The molecule has 1 aromatic heterocycles. The summed E-state index contributed by atoms with van der Waals surface area (Å²) in [5, 5.41) is 13.0. The lowest BCUT2D eigenvalue weighted by Gasteiger charge is -2.18. The Bertz CT molecular complexity index is 1360. The van der Waals surface area contributed by atoms with Gasteiger partial charge in [0.1, 0.15) is 11.7 Å². The standard InChI is InChI=1S/C26H20BrFN2O3/c1-15-23(25(31)29-14-20(26(32)33)18-9-5-6-10-21(18)28)19-13-17(27)11-12-22(19)30-24(15)16-7-3-2-4-8-16/h2-13,20H,14H2,1H3,(H,29,31)(H,32,33). The molecule has 0 radical (unpaired) electrons. The molecule has 5 nitrogen and oxygen atoms in total. The van der Waals surface area contributed by atoms with Crippen LogP contribution >= 0.6 is 15.9 Å². The van der Waals surface area contributed by atoms with Crippen LogP contribution < -0.4 is 5.32 Å². The molecule has 0 fully saturated rings. The van der Waals surface area contributed by atoms with Crippen LogP contribution in [0.4, 0.5) is 4.39 Å². The third-order valence-corrected chi connectivity index (χ3v) is 6.00. The lowest BCUT2D eigenvalue weighted by molar-refractivity contribution is -0.138. The fourth-order valence-electron chi connectivity index (χ4n) is 3.87. The number of rotatable bonds is 6. The zero-order valence-corrected chi connectivity index (χ0v) is 19.3. The highest BCUT2D eigenvalue weighted by atomic mass is 79.9. The first-order chi connectivity index (χ1) is 15.9. The van der Waals surface area contributed by atoms with Gasteiger partial charge in [0.05, 0.1) is 16.8 Å². The van der Waals surface area contributed by atoms with Crippen molar-refractivity contribution in [3.05, 3.63) is 99.8 Å². The van der Waals surface area contributed by atoms with Gasteiger partial charge in [0.2, 0.25) is 0 Å². The second-order valence-corrected chi connectivity index (χ2v) is 8.53. The smallest absolute Gasteiger partial charge is 0.312 e. The number of nitrogens with one attached hydrogen (secondary N) is 1. The van der Waals surface area contributed by atoms with E-state index in [0.29, 0.717) is 27.7 Å². The fraction of sp³-hybridized carbons (Fsp3) is 0.115. The highest BCUT2D eigenvalue weighted by Crippen LogP contribution is 2.31. The molecule has 33 heavy (non-hydrogen) atoms. The number of aromatic nitrogens is 1. The molecule has 166 valence electrons. The van der Waals surface area contributed by atoms with Crippen molar-refractivity contribution in [2.75, 3.05) is 6.54 Å². The van der Waals surface area contributed by atoms with Crippen LogP contribution in [0.15, 0.2) is 77.3 Å². The Balaban J connectivity index is 1.76. The zero-order valence-electron chi connectivity index (χ0n) is 17.7. The minimum Gasteiger partial charge on any atom is -0.481 e. The van der Waals surface area contributed by atoms with Crippen molar-refractivity contribution < 1.29 is 19.1 Å². The zero-order chi connectivity index (χ0) is 23.5. The molecule has 4 aromatic rings. The number of carbonyl (C=O) groups excluding carboxylic acids is 1. The van der Waals surface area contributed by atoms with Gasteiger partial charge in [-0.25, -0.2) is 9.37 Å². The Morgan fingerprint density at radius 2 is 1.76 bits per heavy atom. The van der Waals surface area contributed by atoms with Crippen LogP contribution in [0, 0.1) is 12.7 Å². The van der Waals surface area contributed by atoms with Crippen molar-refractivity contribution in [1.82, 2.24) is 10.3 Å². The summed E-state index contributed by atoms with van der Waals surface area (Å²) in [6, 6.07) is 20.7. The number of carboxylic acids is 1. The maximum absolute atomic E-state index is 14.2. The maximum Gasteiger partial charge on any atom is 0.312 e. The van der Waals surface area contributed by atoms with E-state index in [9.17, 15) is 19.1 Å². The average molecular weight is 507 g/mol. The van der Waals surface area contributed by atoms with Crippen LogP contribution in [-0.4, -0.2) is 28.5 Å². The van der Waals surface area contributed by atoms with Crippen molar-refractivity contribution in [3.8, 4) is 11.3 Å². The van der Waals surface area contributed by atoms with Crippen molar-refractivity contribution in [1.29, 1.82) is 0 Å². The lowest BCUT2D eigenvalue weighted by atomic mass is 9.96. The highest BCUT2D eigenvalue weighted by molar-refractivity contribution is 9.10. The van der Waals surface area contributed by atoms with E-state index in [1.54, 1.807) is 6.07 Å². The molecule has 0 saturated heterocycles. The van der Waals surface area contributed by atoms with Crippen LogP contribution in [0.5, 0.6) is 0 Å². The molecule has 7 heteroatoms. The molecule has 1 heterocycles. The van der Waals surface area contributed by atoms with Gasteiger partial charge in [0.15, 0.2) is 0 Å². The van der Waals surface area contributed by atoms with Gasteiger partial charge >= 0.3 is 5.97 Å². The minimum atomic E-state index is -1.22. The van der Waals surface area contributed by atoms with E-state index < -0.39 is 23.6 Å². The van der Waals surface area contributed by atoms with E-state index in [1.165, 1.54) is 18.2 Å². The molecule has 1 unspecified atom stereocenters. The van der Waals surface area contributed by atoms with Gasteiger partial charge in [0, 0.05) is 27.5 Å². The Morgan fingerprint density at radius 3 is 2.45 bits per heavy atom. The second-order valence-electron chi connectivity index (χ2n) is 7.61. The number of carbonyl (C=O) groups is 2. The number of aliphatic carboxylic acids is 1. The first kappa shape index (κ1) is 22.6. The van der Waals surface area contributed by atoms with Gasteiger partial charge in [-0.1, -0.05) is 64.5 Å². The molecule has 2 N–H and O–H groups in total. The van der Waals surface area contributed by atoms with Gasteiger partial charge in [-0.2, -0.15) is 0 Å². The van der Waals surface area contributed by atoms with E-state index in [-0.39, 0.29) is 12.1 Å². The third kappa shape index (κ3) is 4.64. The molecule has 0 aliphatic carbocycles. The monoisotopic (exact) mass is 506 g/mol. The van der Waals surface area contributed by atoms with Gasteiger partial charge in [0.25, 0.3) is 5.91 Å². The second kappa shape index (κ2) is 9.50. The predicted molar refractivity (Wildman–Crippen MR) is 129 cm³/mol. The third-order valence-electron chi connectivity index (χ3n) is 5.51. The Labute approximate surface area is 198 Å². The Morgan fingerprint density at radius 1 is 1.06 bits per heavy atom. The molecule has 4 rings (SSSR count). The van der Waals surface area contributed by atoms with Gasteiger partial charge in [-0.3, -0.25) is 9.59 Å². The molecule has 3 aromatic carbocycles. The van der Waals surface area contributed by atoms with Crippen LogP contribution in [-0.2, 0) is 4.79 Å². The van der Waals surface area contributed by atoms with E-state index in [4.69, 9.17) is 4.98 Å². The van der Waals surface area contributed by atoms with Crippen molar-refractivity contribution in [3.63, 3.8) is 0 Å². The number of fused-ring (bicyclic) bond motifs is 1. The van der Waals surface area contributed by atoms with Gasteiger partial charge in [-0.15, -0.1) is 0 Å². The van der Waals surface area contributed by atoms with E-state index in [0.717, 1.165) is 10.0 Å². The molecule has 0 aliphatic heterocycles. The molecule has 0 aliphatic rings. The van der Waals surface area contributed by atoms with Crippen molar-refractivity contribution in [2.45, 2.75) is 12.8 Å². The van der Waals surface area contributed by atoms with Crippen LogP contribution in [0.25, 0.3) is 22.2 Å². The maximum atomic E-state index is 14.2. The quantitative estimate of drug-likeness (QED) is 0.351. The summed E-state index contributed by atoms with van der Waals surface area (Å²) in [5.74, 6) is -3.51. The SMILES string of the molecule is Cc1c(-c2ccccc2)nc2ccc(Br)cc2c1C(=O)NCC(C(=O)O)c1ccccc1F. The normalized spacial score (nSPS) is 11.8. The van der Waals surface area contributed by atoms with E-state index >= 15 is 0 Å². The van der Waals surface area contributed by atoms with Crippen molar-refractivity contribution >= 4 is 38.7 Å². The topological polar surface area (TPSA) is 79.3 Å². The van der Waals surface area contributed by atoms with Gasteiger partial charge in [-0.05, 0) is 36.8 Å². The summed E-state index contributed by atoms with van der Waals surface area (Å²) in [4.78, 5) is 30.0. The molecule has 0 spiro atoms. The molecular formula is C26H20BrFN2O3. The molecule has 0 bridgehead atoms. The minimum absolute atomic E-state index is 0.0225. The average Bonchev–Trinajstić information content (AvgIpc) is 2.80. The largest absolute Gasteiger partial charge is 0.481 e. The number of nitrogens with zero attached hydrogens (tertiary/aromatic N) is 1. The number of hydrogen-bond acceptors (Lipinski definition) is 3. The fourth-order valence-corrected chi connectivity index (χ4v) is 4.23. The summed E-state index contributed by atoms with van der Waals surface area (Å²) in [7, 11) is 0. The summed E-state index contributed by atoms with van der Waals surface area (Å²) < 4.78 is 15.0. The Hall–Kier alpha value is -3.58. The number of carboxylic acid groups (broad SMARTS) is 1. The first-order valence-electron chi connectivity index (χ1n) is 10.3. The predicted octanol–water partition coefficient (Wildman–Crippen LogP) is 5.71. The number of hydrogen-bond donors (Lipinski definition) is 2. The summed E-state index contributed by atoms with van der Waals surface area (Å²) in [6.07, 6.45) is 0. The Kier molecular flexibility index (Phi) is 6.51. The number of pyridine rings is 1. The van der Waals surface area contributed by atoms with E-state index in [1.807, 2.05) is 55.5 Å². The van der Waals surface area contributed by atoms with Crippen LogP contribution in [0.2, 0.25) is 0 Å². The number of halogens is 2. The summed E-state index contributed by atoms with van der Waals surface area (Å²) in [5.41, 5.74) is 3.26. The van der Waals surface area contributed by atoms with Crippen LogP contribution in [0.1, 0.15) is 27.4 Å². The van der Waals surface area contributed by atoms with Gasteiger partial charge < -0.3 is 10.4 Å². The molecule has 1 atom stereocenters. The summed E-state index contributed by atoms with van der Waals surface area (Å²) in [6.45, 7) is 1.56. The molecular weight excluding hydrogens is 487 g/mol. The number of benzene rings is 3. The van der Waals surface area contributed by atoms with Crippen molar-refractivity contribution in [2.24, 2.45) is 0 Å².